The molecule has 0 amide bonds. The molecule has 0 saturated carbocycles. The molecule has 0 saturated heterocycles. The van der Waals surface area contributed by atoms with Gasteiger partial charge in [-0.15, -0.1) is 0 Å². The zero-order chi connectivity index (χ0) is 18.7. The van der Waals surface area contributed by atoms with Crippen molar-refractivity contribution in [1.29, 1.82) is 0 Å². The molecule has 2 heteroatoms. The number of para-hydroxylation sites is 3. The summed E-state index contributed by atoms with van der Waals surface area (Å²) in [5, 5.41) is 3.58. The van der Waals surface area contributed by atoms with Crippen LogP contribution in [0.4, 0.5) is 11.4 Å². The van der Waals surface area contributed by atoms with Gasteiger partial charge >= 0.3 is 0 Å². The Balaban J connectivity index is 1.96. The lowest BCUT2D eigenvalue weighted by atomic mass is 10.0. The van der Waals surface area contributed by atoms with E-state index in [0.717, 1.165) is 22.9 Å². The van der Waals surface area contributed by atoms with Gasteiger partial charge in [-0.25, -0.2) is 0 Å². The maximum absolute atomic E-state index is 6.32. The molecule has 0 aliphatic rings. The van der Waals surface area contributed by atoms with E-state index < -0.39 is 0 Å². The summed E-state index contributed by atoms with van der Waals surface area (Å²) in [7, 11) is 0. The van der Waals surface area contributed by atoms with E-state index in [2.05, 4.69) is 70.3 Å². The highest BCUT2D eigenvalue weighted by Crippen LogP contribution is 2.36. The summed E-state index contributed by atoms with van der Waals surface area (Å²) in [6.07, 6.45) is 0. The second kappa shape index (κ2) is 7.65. The Morgan fingerprint density at radius 1 is 0.769 bits per heavy atom. The van der Waals surface area contributed by atoms with Crippen molar-refractivity contribution in [1.82, 2.24) is 0 Å². The van der Waals surface area contributed by atoms with Crippen molar-refractivity contribution in [2.45, 2.75) is 40.5 Å². The van der Waals surface area contributed by atoms with Crippen LogP contribution in [0.25, 0.3) is 0 Å². The minimum absolute atomic E-state index is 0.410. The van der Waals surface area contributed by atoms with E-state index in [0.29, 0.717) is 5.92 Å². The van der Waals surface area contributed by atoms with Crippen LogP contribution in [0.3, 0.4) is 0 Å². The zero-order valence-corrected chi connectivity index (χ0v) is 16.3. The average Bonchev–Trinajstić information content (AvgIpc) is 2.59. The molecule has 0 unspecified atom stereocenters. The van der Waals surface area contributed by atoms with Crippen molar-refractivity contribution in [3.63, 3.8) is 0 Å². The largest absolute Gasteiger partial charge is 0.455 e. The van der Waals surface area contributed by atoms with Crippen LogP contribution in [-0.4, -0.2) is 0 Å². The molecular weight excluding hydrogens is 318 g/mol. The monoisotopic (exact) mass is 345 g/mol. The Hall–Kier alpha value is -2.74. The molecule has 0 aliphatic carbocycles. The molecule has 0 atom stereocenters. The van der Waals surface area contributed by atoms with Crippen LogP contribution in [0.15, 0.2) is 60.7 Å². The molecule has 26 heavy (non-hydrogen) atoms. The highest BCUT2D eigenvalue weighted by molar-refractivity contribution is 5.71. The summed E-state index contributed by atoms with van der Waals surface area (Å²) in [4.78, 5) is 0. The molecule has 2 nitrogen and oxygen atoms in total. The molecule has 0 heterocycles. The lowest BCUT2D eigenvalue weighted by Gasteiger charge is -2.18. The summed E-state index contributed by atoms with van der Waals surface area (Å²) in [5.41, 5.74) is 7.08. The third kappa shape index (κ3) is 3.91. The van der Waals surface area contributed by atoms with Gasteiger partial charge in [-0.05, 0) is 61.6 Å². The molecule has 134 valence electrons. The standard InChI is InChI=1S/C24H27NO/c1-16(2)20-10-6-8-12-22(20)26-23-13-9-7-11-21(23)25-24-18(4)14-17(3)15-19(24)5/h6-16,25H,1-5H3. The Morgan fingerprint density at radius 2 is 1.35 bits per heavy atom. The topological polar surface area (TPSA) is 21.3 Å². The molecule has 3 aromatic rings. The third-order valence-corrected chi connectivity index (χ3v) is 4.58. The molecule has 0 radical (unpaired) electrons. The average molecular weight is 345 g/mol. The van der Waals surface area contributed by atoms with Gasteiger partial charge in [-0.1, -0.05) is 61.9 Å². The SMILES string of the molecule is Cc1cc(C)c(Nc2ccccc2Oc2ccccc2C(C)C)c(C)c1. The minimum atomic E-state index is 0.410. The van der Waals surface area contributed by atoms with Crippen LogP contribution in [0.5, 0.6) is 11.5 Å². The van der Waals surface area contributed by atoms with Gasteiger partial charge < -0.3 is 10.1 Å². The van der Waals surface area contributed by atoms with Crippen molar-refractivity contribution in [3.05, 3.63) is 82.9 Å². The van der Waals surface area contributed by atoms with E-state index in [1.54, 1.807) is 0 Å². The van der Waals surface area contributed by atoms with E-state index in [4.69, 9.17) is 4.74 Å². The first-order valence-corrected chi connectivity index (χ1v) is 9.16. The van der Waals surface area contributed by atoms with E-state index in [1.807, 2.05) is 30.3 Å². The predicted molar refractivity (Wildman–Crippen MR) is 111 cm³/mol. The number of nitrogens with one attached hydrogen (secondary N) is 1. The summed E-state index contributed by atoms with van der Waals surface area (Å²) >= 11 is 0. The smallest absolute Gasteiger partial charge is 0.150 e. The number of ether oxygens (including phenoxy) is 1. The Labute approximate surface area is 156 Å². The van der Waals surface area contributed by atoms with Crippen LogP contribution in [0, 0.1) is 20.8 Å². The van der Waals surface area contributed by atoms with Crippen molar-refractivity contribution in [2.75, 3.05) is 5.32 Å². The number of hydrogen-bond donors (Lipinski definition) is 1. The summed E-state index contributed by atoms with van der Waals surface area (Å²) in [5.74, 6) is 2.15. The fourth-order valence-corrected chi connectivity index (χ4v) is 3.34. The molecule has 0 aliphatic heterocycles. The number of benzene rings is 3. The number of rotatable bonds is 5. The lowest BCUT2D eigenvalue weighted by molar-refractivity contribution is 0.475. The molecule has 0 fully saturated rings. The van der Waals surface area contributed by atoms with Gasteiger partial charge in [-0.3, -0.25) is 0 Å². The van der Waals surface area contributed by atoms with Gasteiger partial charge in [0, 0.05) is 5.69 Å². The molecule has 0 bridgehead atoms. The predicted octanol–water partition coefficient (Wildman–Crippen LogP) is 7.27. The maximum Gasteiger partial charge on any atom is 0.150 e. The van der Waals surface area contributed by atoms with Crippen LogP contribution in [0.2, 0.25) is 0 Å². The molecule has 3 aromatic carbocycles. The van der Waals surface area contributed by atoms with Gasteiger partial charge in [0.05, 0.1) is 5.69 Å². The maximum atomic E-state index is 6.32. The van der Waals surface area contributed by atoms with Gasteiger partial charge in [0.15, 0.2) is 5.75 Å². The lowest BCUT2D eigenvalue weighted by Crippen LogP contribution is -2.00. The van der Waals surface area contributed by atoms with Gasteiger partial charge in [0.25, 0.3) is 0 Å². The van der Waals surface area contributed by atoms with Crippen molar-refractivity contribution < 1.29 is 4.74 Å². The number of anilines is 2. The molecule has 0 spiro atoms. The van der Waals surface area contributed by atoms with E-state index >= 15 is 0 Å². The first-order valence-electron chi connectivity index (χ1n) is 9.16. The fraction of sp³-hybridized carbons (Fsp3) is 0.250. The van der Waals surface area contributed by atoms with Crippen LogP contribution in [0.1, 0.15) is 42.0 Å². The highest BCUT2D eigenvalue weighted by atomic mass is 16.5. The summed E-state index contributed by atoms with van der Waals surface area (Å²) in [6, 6.07) is 20.8. The first kappa shape index (κ1) is 18.1. The quantitative estimate of drug-likeness (QED) is 0.525. The van der Waals surface area contributed by atoms with Crippen molar-refractivity contribution in [2.24, 2.45) is 0 Å². The Bertz CT molecular complexity index is 889. The Kier molecular flexibility index (Phi) is 5.32. The number of hydrogen-bond acceptors (Lipinski definition) is 2. The summed E-state index contributed by atoms with van der Waals surface area (Å²) in [6.45, 7) is 10.8. The van der Waals surface area contributed by atoms with E-state index in [-0.39, 0.29) is 0 Å². The van der Waals surface area contributed by atoms with Gasteiger partial charge in [0.1, 0.15) is 5.75 Å². The highest BCUT2D eigenvalue weighted by Gasteiger charge is 2.12. The van der Waals surface area contributed by atoms with E-state index in [1.165, 1.54) is 22.3 Å². The number of aryl methyl sites for hydroxylation is 3. The van der Waals surface area contributed by atoms with Gasteiger partial charge in [0.2, 0.25) is 0 Å². The van der Waals surface area contributed by atoms with Crippen LogP contribution >= 0.6 is 0 Å². The van der Waals surface area contributed by atoms with Crippen LogP contribution in [-0.2, 0) is 0 Å². The van der Waals surface area contributed by atoms with Crippen molar-refractivity contribution >= 4 is 11.4 Å². The van der Waals surface area contributed by atoms with Crippen LogP contribution < -0.4 is 10.1 Å². The van der Waals surface area contributed by atoms with Crippen molar-refractivity contribution in [3.8, 4) is 11.5 Å². The second-order valence-electron chi connectivity index (χ2n) is 7.19. The molecule has 0 aromatic heterocycles. The van der Waals surface area contributed by atoms with Gasteiger partial charge in [-0.2, -0.15) is 0 Å². The molecule has 3 rings (SSSR count). The summed E-state index contributed by atoms with van der Waals surface area (Å²) < 4.78 is 6.32. The molecule has 1 N–H and O–H groups in total. The third-order valence-electron chi connectivity index (χ3n) is 4.58. The van der Waals surface area contributed by atoms with E-state index in [9.17, 15) is 0 Å². The first-order chi connectivity index (χ1) is 12.5. The Morgan fingerprint density at radius 3 is 2.00 bits per heavy atom. The minimum Gasteiger partial charge on any atom is -0.455 e. The normalized spacial score (nSPS) is 10.8. The fourth-order valence-electron chi connectivity index (χ4n) is 3.34. The molecular formula is C24H27NO. The zero-order valence-electron chi connectivity index (χ0n) is 16.3. The second-order valence-corrected chi connectivity index (χ2v) is 7.19.